The summed E-state index contributed by atoms with van der Waals surface area (Å²) in [5.41, 5.74) is 1.44. The zero-order valence-electron chi connectivity index (χ0n) is 13.3. The van der Waals surface area contributed by atoms with Gasteiger partial charge in [0.2, 0.25) is 0 Å². The van der Waals surface area contributed by atoms with Gasteiger partial charge in [-0.2, -0.15) is 5.26 Å². The first-order chi connectivity index (χ1) is 11.5. The normalized spacial score (nSPS) is 11.4. The summed E-state index contributed by atoms with van der Waals surface area (Å²) in [6.07, 6.45) is 3.34. The number of fused-ring (bicyclic) bond motifs is 1. The molecule has 2 aromatic heterocycles. The fraction of sp³-hybridized carbons (Fsp3) is 0.250. The van der Waals surface area contributed by atoms with Crippen molar-refractivity contribution < 1.29 is 9.84 Å². The number of benzene rings is 1. The molecule has 24 heavy (non-hydrogen) atoms. The molecule has 0 aliphatic rings. The number of hydrogen-bond acceptors (Lipinski definition) is 6. The van der Waals surface area contributed by atoms with Crippen LogP contribution in [-0.4, -0.2) is 32.3 Å². The lowest BCUT2D eigenvalue weighted by atomic mass is 10.2. The topological polar surface area (TPSA) is 110 Å². The number of nitrogens with one attached hydrogen (secondary N) is 3. The largest absolute Gasteiger partial charge is 0.462 e. The van der Waals surface area contributed by atoms with Crippen LogP contribution in [0.25, 0.3) is 10.9 Å². The molecule has 0 aliphatic heterocycles. The molecule has 0 fully saturated rings. The molecule has 0 radical (unpaired) electrons. The number of aliphatic hydroxyl groups is 1. The Hall–Kier alpha value is -2.63. The molecule has 0 amide bonds. The Bertz CT molecular complexity index is 888. The van der Waals surface area contributed by atoms with Gasteiger partial charge in [0.25, 0.3) is 6.01 Å². The van der Waals surface area contributed by atoms with Crippen molar-refractivity contribution in [2.24, 2.45) is 0 Å². The quantitative estimate of drug-likeness (QED) is 0.512. The van der Waals surface area contributed by atoms with Crippen molar-refractivity contribution in [3.63, 3.8) is 0 Å². The Kier molecular flexibility index (Phi) is 4.38. The maximum absolute atomic E-state index is 9.65. The van der Waals surface area contributed by atoms with Gasteiger partial charge in [-0.25, -0.2) is 4.98 Å². The molecule has 2 heterocycles. The first kappa shape index (κ1) is 16.2. The summed E-state index contributed by atoms with van der Waals surface area (Å²) in [5.74, 6) is 0. The number of aromatic amines is 2. The maximum atomic E-state index is 9.65. The molecule has 0 saturated heterocycles. The number of imidazole rings is 1. The van der Waals surface area contributed by atoms with Gasteiger partial charge in [-0.1, -0.05) is 12.1 Å². The highest BCUT2D eigenvalue weighted by molar-refractivity contribution is 8.00. The van der Waals surface area contributed by atoms with E-state index in [9.17, 15) is 5.11 Å². The van der Waals surface area contributed by atoms with Crippen LogP contribution in [0, 0.1) is 11.3 Å². The number of hydrogen-bond donors (Lipinski definition) is 4. The number of para-hydroxylation sites is 1. The van der Waals surface area contributed by atoms with Crippen LogP contribution >= 0.6 is 11.9 Å². The van der Waals surface area contributed by atoms with E-state index in [1.54, 1.807) is 26.2 Å². The second kappa shape index (κ2) is 6.47. The van der Waals surface area contributed by atoms with Gasteiger partial charge in [-0.3, -0.25) is 0 Å². The Balaban J connectivity index is 1.67. The number of aromatic nitrogens is 3. The predicted molar refractivity (Wildman–Crippen MR) is 92.9 cm³/mol. The van der Waals surface area contributed by atoms with Crippen LogP contribution in [0.4, 0.5) is 5.69 Å². The zero-order valence-corrected chi connectivity index (χ0v) is 14.1. The first-order valence-corrected chi connectivity index (χ1v) is 8.11. The fourth-order valence-electron chi connectivity index (χ4n) is 2.10. The zero-order chi connectivity index (χ0) is 17.2. The van der Waals surface area contributed by atoms with E-state index in [2.05, 4.69) is 25.7 Å². The number of nitrogens with zero attached hydrogens (tertiary/aromatic N) is 2. The summed E-state index contributed by atoms with van der Waals surface area (Å²) < 4.78 is 8.62. The summed E-state index contributed by atoms with van der Waals surface area (Å²) >= 11 is 1.35. The maximum Gasteiger partial charge on any atom is 0.294 e. The third-order valence-corrected chi connectivity index (χ3v) is 3.95. The third-order valence-electron chi connectivity index (χ3n) is 3.20. The van der Waals surface area contributed by atoms with Gasteiger partial charge in [0.05, 0.1) is 28.6 Å². The molecule has 0 atom stereocenters. The molecule has 124 valence electrons. The number of anilines is 1. The van der Waals surface area contributed by atoms with Gasteiger partial charge in [0.15, 0.2) is 0 Å². The Morgan fingerprint density at radius 1 is 1.46 bits per heavy atom. The van der Waals surface area contributed by atoms with E-state index in [1.807, 2.05) is 18.2 Å². The summed E-state index contributed by atoms with van der Waals surface area (Å²) in [4.78, 5) is 10.2. The summed E-state index contributed by atoms with van der Waals surface area (Å²) in [6, 6.07) is 8.24. The number of nitriles is 1. The van der Waals surface area contributed by atoms with Gasteiger partial charge < -0.3 is 24.5 Å². The van der Waals surface area contributed by atoms with Crippen LogP contribution in [0.3, 0.4) is 0 Å². The Morgan fingerprint density at radius 3 is 3.04 bits per heavy atom. The number of rotatable bonds is 6. The number of ether oxygens (including phenoxy) is 1. The molecule has 3 rings (SSSR count). The average Bonchev–Trinajstić information content (AvgIpc) is 3.17. The van der Waals surface area contributed by atoms with Crippen molar-refractivity contribution >= 4 is 28.5 Å². The summed E-state index contributed by atoms with van der Waals surface area (Å²) in [6.45, 7) is 3.48. The minimum Gasteiger partial charge on any atom is -0.462 e. The van der Waals surface area contributed by atoms with E-state index in [0.717, 1.165) is 21.6 Å². The molecule has 3 aromatic rings. The Labute approximate surface area is 143 Å². The van der Waals surface area contributed by atoms with Gasteiger partial charge in [-0.15, -0.1) is 0 Å². The molecule has 0 saturated carbocycles. The van der Waals surface area contributed by atoms with E-state index < -0.39 is 5.60 Å². The van der Waals surface area contributed by atoms with Crippen molar-refractivity contribution in [1.29, 1.82) is 5.26 Å². The molecule has 4 N–H and O–H groups in total. The van der Waals surface area contributed by atoms with Crippen LogP contribution in [0.15, 0.2) is 35.6 Å². The van der Waals surface area contributed by atoms with Crippen molar-refractivity contribution in [1.82, 2.24) is 15.0 Å². The van der Waals surface area contributed by atoms with Crippen LogP contribution in [0.2, 0.25) is 0 Å². The monoisotopic (exact) mass is 343 g/mol. The molecule has 7 nitrogen and oxygen atoms in total. The average molecular weight is 343 g/mol. The third kappa shape index (κ3) is 3.64. The van der Waals surface area contributed by atoms with E-state index in [4.69, 9.17) is 10.00 Å². The van der Waals surface area contributed by atoms with E-state index >= 15 is 0 Å². The van der Waals surface area contributed by atoms with Crippen molar-refractivity contribution in [2.45, 2.75) is 24.5 Å². The van der Waals surface area contributed by atoms with Gasteiger partial charge in [0.1, 0.15) is 17.7 Å². The minimum atomic E-state index is -0.917. The summed E-state index contributed by atoms with van der Waals surface area (Å²) in [5, 5.41) is 20.4. The number of H-pyrrole nitrogens is 2. The molecule has 1 aromatic carbocycles. The van der Waals surface area contributed by atoms with Gasteiger partial charge in [-0.05, 0) is 19.9 Å². The second-order valence-corrected chi connectivity index (χ2v) is 6.75. The molecular weight excluding hydrogens is 326 g/mol. The van der Waals surface area contributed by atoms with Gasteiger partial charge >= 0.3 is 0 Å². The van der Waals surface area contributed by atoms with Crippen molar-refractivity contribution in [3.8, 4) is 12.1 Å². The minimum absolute atomic E-state index is 0.150. The van der Waals surface area contributed by atoms with Crippen molar-refractivity contribution in [3.05, 3.63) is 36.2 Å². The van der Waals surface area contributed by atoms with E-state index in [1.165, 1.54) is 11.9 Å². The Morgan fingerprint density at radius 2 is 2.29 bits per heavy atom. The van der Waals surface area contributed by atoms with Crippen LogP contribution < -0.4 is 9.46 Å². The lowest BCUT2D eigenvalue weighted by Gasteiger charge is -2.15. The second-order valence-electron chi connectivity index (χ2n) is 5.90. The highest BCUT2D eigenvalue weighted by Crippen LogP contribution is 2.29. The SMILES string of the molecule is CC(C)(O)COc1ncc(SNc2cccc3c(C#N)c[nH]c23)[nH]1. The lowest BCUT2D eigenvalue weighted by Crippen LogP contribution is -2.28. The smallest absolute Gasteiger partial charge is 0.294 e. The van der Waals surface area contributed by atoms with E-state index in [-0.39, 0.29) is 6.61 Å². The standard InChI is InChI=1S/C16H17N5O2S/c1-16(2,22)9-23-15-19-8-13(20-15)24-21-12-5-3-4-11-10(6-17)7-18-14(11)12/h3-5,7-8,18,21-22H,9H2,1-2H3,(H,19,20). The first-order valence-electron chi connectivity index (χ1n) is 7.29. The van der Waals surface area contributed by atoms with Gasteiger partial charge in [0, 0.05) is 23.5 Å². The van der Waals surface area contributed by atoms with Crippen molar-refractivity contribution in [2.75, 3.05) is 11.3 Å². The highest BCUT2D eigenvalue weighted by Gasteiger charge is 2.14. The molecule has 0 unspecified atom stereocenters. The van der Waals surface area contributed by atoms with E-state index in [0.29, 0.717) is 11.6 Å². The predicted octanol–water partition coefficient (Wildman–Crippen LogP) is 3.03. The van der Waals surface area contributed by atoms with Crippen LogP contribution in [-0.2, 0) is 0 Å². The molecule has 8 heteroatoms. The summed E-state index contributed by atoms with van der Waals surface area (Å²) in [7, 11) is 0. The lowest BCUT2D eigenvalue weighted by molar-refractivity contribution is 0.0252. The molecular formula is C16H17N5O2S. The fourth-order valence-corrected chi connectivity index (χ4v) is 2.73. The molecule has 0 aliphatic carbocycles. The highest BCUT2D eigenvalue weighted by atomic mass is 32.2. The molecule has 0 spiro atoms. The van der Waals surface area contributed by atoms with Crippen LogP contribution in [0.5, 0.6) is 6.01 Å². The molecule has 0 bridgehead atoms. The van der Waals surface area contributed by atoms with Crippen LogP contribution in [0.1, 0.15) is 19.4 Å².